The number of alkyl halides is 2. The summed E-state index contributed by atoms with van der Waals surface area (Å²) in [6.45, 7) is 2.90. The Morgan fingerprint density at radius 1 is 1.21 bits per heavy atom. The third kappa shape index (κ3) is 7.36. The summed E-state index contributed by atoms with van der Waals surface area (Å²) in [5.41, 5.74) is 0.871. The van der Waals surface area contributed by atoms with E-state index in [0.29, 0.717) is 13.2 Å². The van der Waals surface area contributed by atoms with Crippen LogP contribution in [0.15, 0.2) is 24.3 Å². The number of carboxylic acid groups (broad SMARTS) is 1. The van der Waals surface area contributed by atoms with Gasteiger partial charge in [0.05, 0.1) is 25.9 Å². The number of unbranched alkanes of at least 4 members (excludes halogenated alkanes) is 5. The zero-order chi connectivity index (χ0) is 20.4. The number of benzene rings is 1. The highest BCUT2D eigenvalue weighted by atomic mass is 19.3. The Kier molecular flexibility index (Phi) is 9.12. The second-order valence-corrected chi connectivity index (χ2v) is 7.29. The highest BCUT2D eigenvalue weighted by Crippen LogP contribution is 2.26. The Balaban J connectivity index is 1.76. The van der Waals surface area contributed by atoms with Crippen LogP contribution >= 0.6 is 0 Å². The van der Waals surface area contributed by atoms with Crippen molar-refractivity contribution in [2.75, 3.05) is 32.8 Å². The smallest absolute Gasteiger partial charge is 0.375 e. The molecule has 1 unspecified atom stereocenters. The van der Waals surface area contributed by atoms with Crippen molar-refractivity contribution in [2.24, 2.45) is 0 Å². The lowest BCUT2D eigenvalue weighted by molar-refractivity contribution is -0.170. The van der Waals surface area contributed by atoms with Gasteiger partial charge < -0.3 is 14.6 Å². The Bertz CT molecular complexity index is 595. The van der Waals surface area contributed by atoms with Gasteiger partial charge in [0, 0.05) is 13.1 Å². The fourth-order valence-electron chi connectivity index (χ4n) is 3.25. The lowest BCUT2D eigenvalue weighted by Gasteiger charge is -2.34. The number of hydrogen-bond donors (Lipinski definition) is 1. The number of nitrogens with zero attached hydrogens (tertiary/aromatic N) is 1. The topological polar surface area (TPSA) is 59.0 Å². The summed E-state index contributed by atoms with van der Waals surface area (Å²) in [7, 11) is 0. The number of halogens is 2. The molecule has 0 saturated carbocycles. The van der Waals surface area contributed by atoms with Crippen molar-refractivity contribution in [2.45, 2.75) is 57.5 Å². The van der Waals surface area contributed by atoms with E-state index in [-0.39, 0.29) is 19.3 Å². The van der Waals surface area contributed by atoms with E-state index in [1.54, 1.807) is 0 Å². The van der Waals surface area contributed by atoms with Crippen LogP contribution in [0.5, 0.6) is 5.75 Å². The molecule has 0 aliphatic carbocycles. The first-order chi connectivity index (χ1) is 13.4. The SMILES string of the molecule is CCCCCCCCOc1ccc(C2CN(CC(F)(F)C(=O)O)CCO2)cc1. The number of rotatable bonds is 12. The summed E-state index contributed by atoms with van der Waals surface area (Å²) in [6.07, 6.45) is 6.90. The van der Waals surface area contributed by atoms with Crippen molar-refractivity contribution in [3.8, 4) is 5.75 Å². The number of hydrogen-bond acceptors (Lipinski definition) is 4. The first-order valence-corrected chi connectivity index (χ1v) is 10.1. The Hall–Kier alpha value is -1.73. The highest BCUT2D eigenvalue weighted by Gasteiger charge is 2.41. The molecule has 1 aliphatic heterocycles. The lowest BCUT2D eigenvalue weighted by Crippen LogP contribution is -2.47. The zero-order valence-electron chi connectivity index (χ0n) is 16.5. The van der Waals surface area contributed by atoms with E-state index < -0.39 is 18.4 Å². The van der Waals surface area contributed by atoms with Crippen LogP contribution in [0.3, 0.4) is 0 Å². The second kappa shape index (κ2) is 11.3. The molecule has 1 saturated heterocycles. The molecule has 28 heavy (non-hydrogen) atoms. The summed E-state index contributed by atoms with van der Waals surface area (Å²) in [6, 6.07) is 7.47. The van der Waals surface area contributed by atoms with Crippen molar-refractivity contribution in [3.05, 3.63) is 29.8 Å². The number of morpholine rings is 1. The minimum absolute atomic E-state index is 0.237. The number of carboxylic acids is 1. The lowest BCUT2D eigenvalue weighted by atomic mass is 10.1. The van der Waals surface area contributed by atoms with E-state index in [9.17, 15) is 13.6 Å². The van der Waals surface area contributed by atoms with Crippen LogP contribution in [0.4, 0.5) is 8.78 Å². The van der Waals surface area contributed by atoms with Gasteiger partial charge in [-0.05, 0) is 24.1 Å². The van der Waals surface area contributed by atoms with Crippen LogP contribution in [0, 0.1) is 0 Å². The van der Waals surface area contributed by atoms with Crippen LogP contribution in [0.1, 0.15) is 57.1 Å². The molecule has 7 heteroatoms. The fraction of sp³-hybridized carbons (Fsp3) is 0.667. The van der Waals surface area contributed by atoms with Crippen LogP contribution in [0.2, 0.25) is 0 Å². The van der Waals surface area contributed by atoms with Gasteiger partial charge in [0.2, 0.25) is 0 Å². The minimum atomic E-state index is -3.75. The Morgan fingerprint density at radius 2 is 1.89 bits per heavy atom. The van der Waals surface area contributed by atoms with E-state index in [0.717, 1.165) is 17.7 Å². The van der Waals surface area contributed by atoms with Crippen LogP contribution < -0.4 is 4.74 Å². The maximum atomic E-state index is 13.4. The molecule has 0 amide bonds. The monoisotopic (exact) mass is 399 g/mol. The van der Waals surface area contributed by atoms with Crippen LogP contribution in [-0.4, -0.2) is 54.7 Å². The first-order valence-electron chi connectivity index (χ1n) is 10.1. The molecule has 0 aromatic heterocycles. The quantitative estimate of drug-likeness (QED) is 0.524. The zero-order valence-corrected chi connectivity index (χ0v) is 16.5. The molecule has 1 aromatic carbocycles. The molecule has 1 atom stereocenters. The van der Waals surface area contributed by atoms with Gasteiger partial charge in [-0.1, -0.05) is 51.2 Å². The molecule has 5 nitrogen and oxygen atoms in total. The van der Waals surface area contributed by atoms with Crippen molar-refractivity contribution in [1.82, 2.24) is 4.90 Å². The van der Waals surface area contributed by atoms with Crippen molar-refractivity contribution in [3.63, 3.8) is 0 Å². The van der Waals surface area contributed by atoms with E-state index in [1.165, 1.54) is 37.0 Å². The summed E-state index contributed by atoms with van der Waals surface area (Å²) in [4.78, 5) is 12.1. The van der Waals surface area contributed by atoms with Gasteiger partial charge in [0.15, 0.2) is 0 Å². The average molecular weight is 399 g/mol. The third-order valence-electron chi connectivity index (χ3n) is 4.90. The van der Waals surface area contributed by atoms with E-state index >= 15 is 0 Å². The van der Waals surface area contributed by atoms with Crippen molar-refractivity contribution in [1.29, 1.82) is 0 Å². The fourth-order valence-corrected chi connectivity index (χ4v) is 3.25. The minimum Gasteiger partial charge on any atom is -0.494 e. The maximum absolute atomic E-state index is 13.4. The van der Waals surface area contributed by atoms with Gasteiger partial charge in [0.25, 0.3) is 0 Å². The molecule has 0 bridgehead atoms. The molecule has 1 aliphatic rings. The molecule has 0 spiro atoms. The molecule has 1 aromatic rings. The van der Waals surface area contributed by atoms with Gasteiger partial charge in [-0.25, -0.2) is 4.79 Å². The Labute approximate surface area is 165 Å². The first kappa shape index (κ1) is 22.6. The molecule has 2 rings (SSSR count). The molecular formula is C21H31F2NO4. The molecule has 158 valence electrons. The van der Waals surface area contributed by atoms with Gasteiger partial charge in [0.1, 0.15) is 5.75 Å². The summed E-state index contributed by atoms with van der Waals surface area (Å²) in [5.74, 6) is -5.07. The van der Waals surface area contributed by atoms with Crippen LogP contribution in [0.25, 0.3) is 0 Å². The van der Waals surface area contributed by atoms with Crippen molar-refractivity contribution >= 4 is 5.97 Å². The molecular weight excluding hydrogens is 368 g/mol. The van der Waals surface area contributed by atoms with Crippen molar-refractivity contribution < 1.29 is 28.2 Å². The largest absolute Gasteiger partial charge is 0.494 e. The summed E-state index contributed by atoms with van der Waals surface area (Å²) >= 11 is 0. The van der Waals surface area contributed by atoms with E-state index in [1.807, 2.05) is 24.3 Å². The molecule has 1 N–H and O–H groups in total. The van der Waals surface area contributed by atoms with Crippen LogP contribution in [-0.2, 0) is 9.53 Å². The number of ether oxygens (including phenoxy) is 2. The number of carbonyl (C=O) groups is 1. The Morgan fingerprint density at radius 3 is 2.57 bits per heavy atom. The van der Waals surface area contributed by atoms with Gasteiger partial charge in [-0.15, -0.1) is 0 Å². The summed E-state index contributed by atoms with van der Waals surface area (Å²) in [5, 5.41) is 8.61. The van der Waals surface area contributed by atoms with E-state index in [4.69, 9.17) is 14.6 Å². The predicted molar refractivity (Wildman–Crippen MR) is 103 cm³/mol. The summed E-state index contributed by atoms with van der Waals surface area (Å²) < 4.78 is 38.3. The van der Waals surface area contributed by atoms with Gasteiger partial charge in [-0.3, -0.25) is 4.90 Å². The standard InChI is InChI=1S/C21H31F2NO4/c1-2-3-4-5-6-7-13-27-18-10-8-17(9-11-18)19-15-24(12-14-28-19)16-21(22,23)20(25)26/h8-11,19H,2-7,12-16H2,1H3,(H,25,26). The predicted octanol–water partition coefficient (Wildman–Crippen LogP) is 4.52. The third-order valence-corrected chi connectivity index (χ3v) is 4.90. The van der Waals surface area contributed by atoms with Gasteiger partial charge >= 0.3 is 11.9 Å². The molecule has 0 radical (unpaired) electrons. The molecule has 1 fully saturated rings. The van der Waals surface area contributed by atoms with Gasteiger partial charge in [-0.2, -0.15) is 8.78 Å². The highest BCUT2D eigenvalue weighted by molar-refractivity contribution is 5.75. The molecule has 1 heterocycles. The van der Waals surface area contributed by atoms with E-state index in [2.05, 4.69) is 6.92 Å². The number of aliphatic carboxylic acids is 1. The second-order valence-electron chi connectivity index (χ2n) is 7.29. The normalized spacial score (nSPS) is 18.2. The average Bonchev–Trinajstić information content (AvgIpc) is 2.67. The maximum Gasteiger partial charge on any atom is 0.375 e.